The first kappa shape index (κ1) is 19.9. The average molecular weight is 353 g/mol. The first-order valence-corrected chi connectivity index (χ1v) is 7.87. The van der Waals surface area contributed by atoms with Gasteiger partial charge in [-0.25, -0.2) is 0 Å². The SMILES string of the molecule is CO[C@H]1O[C@H](CN2C[C@H](O)[C@@H](O)[C@H](O)[C@H]2C(C)O)[C@@H](O)[C@H](O)[C@H]1O. The molecule has 7 N–H and O–H groups in total. The minimum Gasteiger partial charge on any atom is -0.392 e. The third-order valence-corrected chi connectivity index (χ3v) is 4.75. The van der Waals surface area contributed by atoms with Crippen molar-refractivity contribution < 1.29 is 45.2 Å². The van der Waals surface area contributed by atoms with Crippen LogP contribution < -0.4 is 0 Å². The first-order chi connectivity index (χ1) is 11.2. The zero-order chi connectivity index (χ0) is 18.2. The van der Waals surface area contributed by atoms with Crippen LogP contribution in [0.4, 0.5) is 0 Å². The summed E-state index contributed by atoms with van der Waals surface area (Å²) in [6.07, 6.45) is -11.6. The Kier molecular flexibility index (Phi) is 6.53. The molecule has 1 unspecified atom stereocenters. The monoisotopic (exact) mass is 353 g/mol. The Morgan fingerprint density at radius 2 is 1.62 bits per heavy atom. The van der Waals surface area contributed by atoms with Crippen molar-refractivity contribution in [1.82, 2.24) is 4.90 Å². The molecule has 0 aromatic rings. The molecule has 2 fully saturated rings. The largest absolute Gasteiger partial charge is 0.392 e. The molecular weight excluding hydrogens is 326 g/mol. The summed E-state index contributed by atoms with van der Waals surface area (Å²) < 4.78 is 10.4. The first-order valence-electron chi connectivity index (χ1n) is 7.87. The third kappa shape index (κ3) is 3.73. The van der Waals surface area contributed by atoms with Gasteiger partial charge in [0, 0.05) is 20.2 Å². The molecule has 0 spiro atoms. The fraction of sp³-hybridized carbons (Fsp3) is 1.00. The summed E-state index contributed by atoms with van der Waals surface area (Å²) in [5.41, 5.74) is 0. The van der Waals surface area contributed by atoms with Crippen LogP contribution >= 0.6 is 0 Å². The molecule has 0 amide bonds. The maximum absolute atomic E-state index is 10.1. The molecule has 0 bridgehead atoms. The zero-order valence-corrected chi connectivity index (χ0v) is 13.6. The molecular formula is C14H27NO9. The van der Waals surface area contributed by atoms with Gasteiger partial charge < -0.3 is 45.2 Å². The highest BCUT2D eigenvalue weighted by molar-refractivity contribution is 4.99. The molecule has 0 aromatic carbocycles. The maximum atomic E-state index is 10.1. The average Bonchev–Trinajstić information content (AvgIpc) is 2.52. The number of hydrogen-bond donors (Lipinski definition) is 7. The molecule has 24 heavy (non-hydrogen) atoms. The predicted molar refractivity (Wildman–Crippen MR) is 78.8 cm³/mol. The van der Waals surface area contributed by atoms with Crippen molar-refractivity contribution in [3.63, 3.8) is 0 Å². The molecule has 0 aliphatic carbocycles. The lowest BCUT2D eigenvalue weighted by Crippen LogP contribution is -2.67. The Labute approximate surface area is 139 Å². The van der Waals surface area contributed by atoms with Crippen LogP contribution in [0.1, 0.15) is 6.92 Å². The molecule has 0 aromatic heterocycles. The van der Waals surface area contributed by atoms with Gasteiger partial charge in [-0.2, -0.15) is 0 Å². The van der Waals surface area contributed by atoms with Crippen molar-refractivity contribution in [3.8, 4) is 0 Å². The number of β-amino-alcohol motifs (C(OH)–C–C–N with tert-alkyl or cyclic N) is 1. The summed E-state index contributed by atoms with van der Waals surface area (Å²) in [5, 5.41) is 69.4. The Hall–Kier alpha value is -0.400. The van der Waals surface area contributed by atoms with Crippen LogP contribution in [0.5, 0.6) is 0 Å². The Bertz CT molecular complexity index is 410. The number of likely N-dealkylation sites (tertiary alicyclic amines) is 1. The lowest BCUT2D eigenvalue weighted by Gasteiger charge is -2.48. The highest BCUT2D eigenvalue weighted by atomic mass is 16.7. The van der Waals surface area contributed by atoms with Gasteiger partial charge in [-0.05, 0) is 6.92 Å². The Morgan fingerprint density at radius 3 is 2.17 bits per heavy atom. The van der Waals surface area contributed by atoms with E-state index < -0.39 is 61.2 Å². The van der Waals surface area contributed by atoms with Crippen LogP contribution in [0.2, 0.25) is 0 Å². The molecule has 10 atom stereocenters. The lowest BCUT2D eigenvalue weighted by molar-refractivity contribution is -0.295. The fourth-order valence-corrected chi connectivity index (χ4v) is 3.40. The van der Waals surface area contributed by atoms with E-state index in [1.165, 1.54) is 18.9 Å². The van der Waals surface area contributed by atoms with Gasteiger partial charge in [-0.1, -0.05) is 0 Å². The highest BCUT2D eigenvalue weighted by Crippen LogP contribution is 2.27. The number of ether oxygens (including phenoxy) is 2. The smallest absolute Gasteiger partial charge is 0.186 e. The van der Waals surface area contributed by atoms with Crippen molar-refractivity contribution in [2.24, 2.45) is 0 Å². The normalized spacial score (nSPS) is 49.1. The minimum absolute atomic E-state index is 0.0682. The number of aliphatic hydroxyl groups excluding tert-OH is 7. The number of hydrogen-bond acceptors (Lipinski definition) is 10. The van der Waals surface area contributed by atoms with Crippen molar-refractivity contribution in [1.29, 1.82) is 0 Å². The predicted octanol–water partition coefficient (Wildman–Crippen LogP) is -4.41. The van der Waals surface area contributed by atoms with Crippen LogP contribution in [-0.4, -0.2) is 122 Å². The fourth-order valence-electron chi connectivity index (χ4n) is 3.40. The van der Waals surface area contributed by atoms with Gasteiger partial charge in [0.05, 0.1) is 18.2 Å². The van der Waals surface area contributed by atoms with E-state index in [1.54, 1.807) is 0 Å². The molecule has 2 aliphatic rings. The van der Waals surface area contributed by atoms with E-state index >= 15 is 0 Å². The van der Waals surface area contributed by atoms with E-state index in [9.17, 15) is 35.7 Å². The van der Waals surface area contributed by atoms with E-state index in [-0.39, 0.29) is 13.1 Å². The van der Waals surface area contributed by atoms with Gasteiger partial charge in [0.1, 0.15) is 36.6 Å². The van der Waals surface area contributed by atoms with Gasteiger partial charge in [-0.3, -0.25) is 4.90 Å². The third-order valence-electron chi connectivity index (χ3n) is 4.75. The van der Waals surface area contributed by atoms with Gasteiger partial charge in [-0.15, -0.1) is 0 Å². The molecule has 0 radical (unpaired) electrons. The number of nitrogens with zero attached hydrogens (tertiary/aromatic N) is 1. The Morgan fingerprint density at radius 1 is 1.00 bits per heavy atom. The molecule has 0 saturated carbocycles. The van der Waals surface area contributed by atoms with E-state index in [2.05, 4.69) is 0 Å². The zero-order valence-electron chi connectivity index (χ0n) is 13.6. The summed E-state index contributed by atoms with van der Waals surface area (Å²) in [6.45, 7) is 1.29. The van der Waals surface area contributed by atoms with Crippen molar-refractivity contribution in [2.75, 3.05) is 20.2 Å². The summed E-state index contributed by atoms with van der Waals surface area (Å²) in [4.78, 5) is 1.47. The maximum Gasteiger partial charge on any atom is 0.186 e. The van der Waals surface area contributed by atoms with Crippen molar-refractivity contribution in [3.05, 3.63) is 0 Å². The summed E-state index contributed by atoms with van der Waals surface area (Å²) >= 11 is 0. The van der Waals surface area contributed by atoms with Gasteiger partial charge in [0.25, 0.3) is 0 Å². The highest BCUT2D eigenvalue weighted by Gasteiger charge is 2.48. The second-order valence-electron chi connectivity index (χ2n) is 6.48. The second kappa shape index (κ2) is 7.87. The van der Waals surface area contributed by atoms with Crippen LogP contribution in [0.15, 0.2) is 0 Å². The van der Waals surface area contributed by atoms with Crippen molar-refractivity contribution in [2.45, 2.75) is 68.1 Å². The Balaban J connectivity index is 2.14. The minimum atomic E-state index is -1.50. The number of piperidine rings is 1. The van der Waals surface area contributed by atoms with Gasteiger partial charge >= 0.3 is 0 Å². The number of aliphatic hydroxyl groups is 7. The van der Waals surface area contributed by atoms with E-state index in [0.29, 0.717) is 0 Å². The molecule has 2 rings (SSSR count). The summed E-state index contributed by atoms with van der Waals surface area (Å²) in [6, 6.07) is -0.899. The van der Waals surface area contributed by atoms with Gasteiger partial charge in [0.15, 0.2) is 6.29 Å². The van der Waals surface area contributed by atoms with E-state index in [0.717, 1.165) is 0 Å². The van der Waals surface area contributed by atoms with Crippen LogP contribution in [0.3, 0.4) is 0 Å². The molecule has 2 heterocycles. The second-order valence-corrected chi connectivity index (χ2v) is 6.48. The van der Waals surface area contributed by atoms with Crippen LogP contribution in [0, 0.1) is 0 Å². The molecule has 2 aliphatic heterocycles. The van der Waals surface area contributed by atoms with Crippen LogP contribution in [0.25, 0.3) is 0 Å². The van der Waals surface area contributed by atoms with Gasteiger partial charge in [0.2, 0.25) is 0 Å². The number of methoxy groups -OCH3 is 1. The summed E-state index contributed by atoms with van der Waals surface area (Å²) in [7, 11) is 1.28. The standard InChI is InChI=1S/C14H27NO9/c1-5(16)8-11(20)9(18)6(17)3-15(8)4-7-10(19)12(21)13(22)14(23-2)24-7/h5-14,16-22H,3-4H2,1-2H3/t5?,6-,7+,8+,9+,10+,11+,12-,13+,14-/m0/s1. The summed E-state index contributed by atoms with van der Waals surface area (Å²) in [5.74, 6) is 0. The van der Waals surface area contributed by atoms with E-state index in [1.807, 2.05) is 0 Å². The van der Waals surface area contributed by atoms with Crippen LogP contribution in [-0.2, 0) is 9.47 Å². The molecule has 10 heteroatoms. The van der Waals surface area contributed by atoms with E-state index in [4.69, 9.17) is 9.47 Å². The topological polar surface area (TPSA) is 163 Å². The van der Waals surface area contributed by atoms with Crippen molar-refractivity contribution >= 4 is 0 Å². The molecule has 142 valence electrons. The number of rotatable bonds is 4. The molecule has 10 nitrogen and oxygen atoms in total. The lowest BCUT2D eigenvalue weighted by atomic mass is 9.89. The quantitative estimate of drug-likeness (QED) is 0.262. The molecule has 2 saturated heterocycles.